The van der Waals surface area contributed by atoms with E-state index in [0.29, 0.717) is 0 Å². The number of hydrogen-bond acceptors (Lipinski definition) is 17. The summed E-state index contributed by atoms with van der Waals surface area (Å²) in [5.74, 6) is -7.50. The maximum absolute atomic E-state index is 13.7. The van der Waals surface area contributed by atoms with Crippen LogP contribution in [0.1, 0.15) is 0 Å². The molecule has 0 amide bonds. The summed E-state index contributed by atoms with van der Waals surface area (Å²) < 4.78 is 26.8. The van der Waals surface area contributed by atoms with Gasteiger partial charge in [0.05, 0.1) is 0 Å². The summed E-state index contributed by atoms with van der Waals surface area (Å²) in [5, 5.41) is 109. The molecule has 1 aromatic heterocycles. The van der Waals surface area contributed by atoms with Crippen LogP contribution in [0.15, 0.2) is 39.5 Å². The number of aromatic hydroxyl groups is 3. The molecule has 0 unspecified atom stereocenters. The molecule has 3 heterocycles. The van der Waals surface area contributed by atoms with Gasteiger partial charge in [-0.3, -0.25) is 4.79 Å². The number of hydrogen-bond donors (Lipinski definition) is 11. The Bertz CT molecular complexity index is 1720. The quantitative estimate of drug-likeness (QED) is 0.114. The van der Waals surface area contributed by atoms with Crippen LogP contribution < -0.4 is 14.9 Å². The van der Waals surface area contributed by atoms with Crippen LogP contribution in [-0.2, 0) is 19.1 Å². The Balaban J connectivity index is 1.61. The minimum atomic E-state index is -2.13. The summed E-state index contributed by atoms with van der Waals surface area (Å²) in [6, 6.07) is 4.79. The van der Waals surface area contributed by atoms with Gasteiger partial charge in [-0.05, 0) is 18.2 Å². The van der Waals surface area contributed by atoms with Crippen molar-refractivity contribution in [2.45, 2.75) is 61.4 Å². The second-order valence-corrected chi connectivity index (χ2v) is 10.3. The lowest BCUT2D eigenvalue weighted by Gasteiger charge is -2.38. The van der Waals surface area contributed by atoms with E-state index in [9.17, 15) is 70.6 Å². The van der Waals surface area contributed by atoms with Gasteiger partial charge < -0.3 is 79.5 Å². The molecule has 2 aromatic carbocycles. The van der Waals surface area contributed by atoms with Crippen molar-refractivity contribution < 1.29 is 89.1 Å². The molecule has 2 aliphatic heterocycles. The lowest BCUT2D eigenvalue weighted by molar-refractivity contribution is -0.271. The Morgan fingerprint density at radius 3 is 1.72 bits per heavy atom. The molecule has 0 saturated carbocycles. The summed E-state index contributed by atoms with van der Waals surface area (Å²) in [6.07, 6.45) is -20.6. The van der Waals surface area contributed by atoms with E-state index in [2.05, 4.69) is 0 Å². The predicted octanol–water partition coefficient (Wildman–Crippen LogP) is -2.88. The third kappa shape index (κ3) is 5.72. The number of aliphatic carboxylic acids is 2. The maximum atomic E-state index is 13.7. The van der Waals surface area contributed by atoms with Crippen molar-refractivity contribution in [2.75, 3.05) is 0 Å². The molecule has 2 aliphatic rings. The molecule has 0 radical (unpaired) electrons. The first kappa shape index (κ1) is 32.7. The van der Waals surface area contributed by atoms with E-state index in [4.69, 9.17) is 23.4 Å². The predicted molar refractivity (Wildman–Crippen MR) is 143 cm³/mol. The van der Waals surface area contributed by atoms with E-state index in [-0.39, 0.29) is 5.56 Å². The number of rotatable bonds is 7. The highest BCUT2D eigenvalue weighted by Crippen LogP contribution is 2.40. The lowest BCUT2D eigenvalue weighted by atomic mass is 9.99. The molecule has 0 spiro atoms. The van der Waals surface area contributed by atoms with E-state index in [0.717, 1.165) is 30.3 Å². The summed E-state index contributed by atoms with van der Waals surface area (Å²) in [7, 11) is 0. The maximum Gasteiger partial charge on any atom is 0.335 e. The van der Waals surface area contributed by atoms with Crippen LogP contribution in [0.2, 0.25) is 0 Å². The first-order valence-corrected chi connectivity index (χ1v) is 13.1. The summed E-state index contributed by atoms with van der Waals surface area (Å²) in [5.41, 5.74) is -1.86. The molecule has 2 saturated heterocycles. The largest absolute Gasteiger partial charge is 0.507 e. The van der Waals surface area contributed by atoms with Gasteiger partial charge in [0, 0.05) is 17.7 Å². The molecule has 0 aliphatic carbocycles. The molecule has 10 atom stereocenters. The van der Waals surface area contributed by atoms with Crippen molar-refractivity contribution in [2.24, 2.45) is 0 Å². The van der Waals surface area contributed by atoms with E-state index in [1.165, 1.54) is 0 Å². The van der Waals surface area contributed by atoms with Crippen LogP contribution >= 0.6 is 0 Å². The molecule has 46 heavy (non-hydrogen) atoms. The van der Waals surface area contributed by atoms with Gasteiger partial charge in [-0.2, -0.15) is 0 Å². The standard InChI is InChI=1S/C27H26O19/c28-8-2-1-6(3-9(8)29)20-21(44-27-19(37)15(33)17(35)23(46-27)25(40)41)13(31)12-10(30)4-7(5-11(12)43-20)42-26-18(36)14(32)16(34)22(45-26)24(38)39/h1-5,14-19,22-23,26-30,32-37H,(H,38,39)(H,40,41)/t14-,15+,16+,17-,18+,19-,22-,23+,26+,27-/m0/s1. The van der Waals surface area contributed by atoms with Crippen molar-refractivity contribution >= 4 is 22.9 Å². The highest BCUT2D eigenvalue weighted by atomic mass is 16.7. The first-order valence-electron chi connectivity index (χ1n) is 13.1. The van der Waals surface area contributed by atoms with Gasteiger partial charge in [0.15, 0.2) is 29.5 Å². The van der Waals surface area contributed by atoms with Crippen molar-refractivity contribution in [1.82, 2.24) is 0 Å². The Kier molecular flexibility index (Phi) is 8.68. The van der Waals surface area contributed by atoms with Crippen molar-refractivity contribution in [3.8, 4) is 40.1 Å². The summed E-state index contributed by atoms with van der Waals surface area (Å²) in [6.45, 7) is 0. The molecule has 19 nitrogen and oxygen atoms in total. The number of carboxylic acid groups (broad SMARTS) is 2. The number of phenols is 3. The molecular weight excluding hydrogens is 628 g/mol. The molecule has 5 rings (SSSR count). The van der Waals surface area contributed by atoms with Crippen LogP contribution in [0.5, 0.6) is 28.7 Å². The molecule has 11 N–H and O–H groups in total. The number of phenolic OH excluding ortho intramolecular Hbond substituents is 3. The Labute approximate surface area is 254 Å². The molecule has 2 fully saturated rings. The van der Waals surface area contributed by atoms with Crippen LogP contribution in [0.3, 0.4) is 0 Å². The summed E-state index contributed by atoms with van der Waals surface area (Å²) in [4.78, 5) is 36.7. The Hall–Kier alpha value is -4.73. The minimum Gasteiger partial charge on any atom is -0.507 e. The van der Waals surface area contributed by atoms with Gasteiger partial charge in [0.25, 0.3) is 0 Å². The van der Waals surface area contributed by atoms with Crippen molar-refractivity contribution in [1.29, 1.82) is 0 Å². The van der Waals surface area contributed by atoms with Gasteiger partial charge in [0.2, 0.25) is 23.8 Å². The Morgan fingerprint density at radius 2 is 1.20 bits per heavy atom. The second-order valence-electron chi connectivity index (χ2n) is 10.3. The third-order valence-electron chi connectivity index (χ3n) is 7.26. The molecule has 0 bridgehead atoms. The number of carboxylic acids is 2. The van der Waals surface area contributed by atoms with E-state index in [1.807, 2.05) is 0 Å². The zero-order valence-corrected chi connectivity index (χ0v) is 22.8. The van der Waals surface area contributed by atoms with Crippen molar-refractivity contribution in [3.05, 3.63) is 40.6 Å². The zero-order valence-electron chi connectivity index (χ0n) is 22.8. The van der Waals surface area contributed by atoms with Gasteiger partial charge >= 0.3 is 11.9 Å². The van der Waals surface area contributed by atoms with Crippen LogP contribution in [0.4, 0.5) is 0 Å². The number of benzene rings is 2. The minimum absolute atomic E-state index is 0.178. The first-order chi connectivity index (χ1) is 21.6. The smallest absolute Gasteiger partial charge is 0.335 e. The van der Waals surface area contributed by atoms with Crippen LogP contribution in [0.25, 0.3) is 22.3 Å². The van der Waals surface area contributed by atoms with Gasteiger partial charge in [-0.15, -0.1) is 0 Å². The average Bonchev–Trinajstić information content (AvgIpc) is 2.99. The monoisotopic (exact) mass is 654 g/mol. The lowest BCUT2D eigenvalue weighted by Crippen LogP contribution is -2.61. The normalized spacial score (nSPS) is 31.3. The fraction of sp³-hybridized carbons (Fsp3) is 0.370. The highest BCUT2D eigenvalue weighted by molar-refractivity contribution is 5.88. The van der Waals surface area contributed by atoms with Gasteiger partial charge in [0.1, 0.15) is 59.1 Å². The molecule has 248 valence electrons. The fourth-order valence-electron chi connectivity index (χ4n) is 4.84. The molecule has 19 heteroatoms. The highest BCUT2D eigenvalue weighted by Gasteiger charge is 2.49. The van der Waals surface area contributed by atoms with Crippen molar-refractivity contribution in [3.63, 3.8) is 0 Å². The average molecular weight is 654 g/mol. The van der Waals surface area contributed by atoms with Gasteiger partial charge in [-0.25, -0.2) is 9.59 Å². The van der Waals surface area contributed by atoms with E-state index in [1.54, 1.807) is 0 Å². The fourth-order valence-corrected chi connectivity index (χ4v) is 4.84. The third-order valence-corrected chi connectivity index (χ3v) is 7.26. The molecular formula is C27H26O19. The molecule has 3 aromatic rings. The second kappa shape index (κ2) is 12.2. The van der Waals surface area contributed by atoms with E-state index < -0.39 is 124 Å². The number of aliphatic hydroxyl groups is 6. The number of ether oxygens (including phenoxy) is 4. The van der Waals surface area contributed by atoms with Gasteiger partial charge in [-0.1, -0.05) is 0 Å². The number of carbonyl (C=O) groups is 2. The van der Waals surface area contributed by atoms with E-state index >= 15 is 0 Å². The Morgan fingerprint density at radius 1 is 0.652 bits per heavy atom. The SMILES string of the molecule is O=C(O)[C@H]1O[C@@H](Oc2cc(O)c3c(=O)c(O[C@H]4O[C@@H](C(=O)O)[C@@H](O)[C@@H](O)[C@@H]4O)c(-c4ccc(O)c(O)c4)oc3c2)[C@H](O)[C@@H](O)[C@H]1O. The van der Waals surface area contributed by atoms with Crippen LogP contribution in [-0.4, -0.2) is 130 Å². The number of aliphatic hydroxyl groups excluding tert-OH is 6. The summed E-state index contributed by atoms with van der Waals surface area (Å²) >= 11 is 0. The topological polar surface area (TPSA) is 324 Å². The number of fused-ring (bicyclic) bond motifs is 1. The zero-order chi connectivity index (χ0) is 33.8. The van der Waals surface area contributed by atoms with Crippen LogP contribution in [0, 0.1) is 0 Å².